The van der Waals surface area contributed by atoms with Crippen molar-refractivity contribution in [1.29, 1.82) is 0 Å². The third kappa shape index (κ3) is 5.28. The molecular weight excluding hydrogens is 332 g/mol. The van der Waals surface area contributed by atoms with E-state index in [0.717, 1.165) is 17.7 Å². The minimum absolute atomic E-state index is 0.0994. The maximum absolute atomic E-state index is 12.2. The Balaban J connectivity index is 1.86. The highest BCUT2D eigenvalue weighted by Gasteiger charge is 2.39. The third-order valence-electron chi connectivity index (χ3n) is 3.71. The Morgan fingerprint density at radius 1 is 1.26 bits per heavy atom. The van der Waals surface area contributed by atoms with Crippen molar-refractivity contribution >= 4 is 22.3 Å². The van der Waals surface area contributed by atoms with E-state index in [4.69, 9.17) is 9.39 Å². The van der Waals surface area contributed by atoms with Crippen molar-refractivity contribution in [3.8, 4) is 0 Å². The maximum atomic E-state index is 12.2. The van der Waals surface area contributed by atoms with Crippen LogP contribution in [0, 0.1) is 0 Å². The van der Waals surface area contributed by atoms with Gasteiger partial charge in [-0.2, -0.15) is 13.9 Å². The summed E-state index contributed by atoms with van der Waals surface area (Å²) in [5, 5.41) is 3.00. The highest BCUT2D eigenvalue weighted by atomic mass is 32.3. The lowest BCUT2D eigenvalue weighted by Gasteiger charge is -2.33. The van der Waals surface area contributed by atoms with E-state index in [9.17, 15) is 18.0 Å². The van der Waals surface area contributed by atoms with Gasteiger partial charge in [-0.15, -0.1) is 4.28 Å². The van der Waals surface area contributed by atoms with Crippen molar-refractivity contribution in [2.45, 2.75) is 43.9 Å². The van der Waals surface area contributed by atoms with E-state index in [2.05, 4.69) is 15.1 Å². The number of urea groups is 1. The Kier molecular flexibility index (Phi) is 5.75. The number of likely N-dealkylation sites (N-methyl/N-ethyl adjacent to an activating group) is 1. The summed E-state index contributed by atoms with van der Waals surface area (Å²) in [6.45, 7) is 0.251. The van der Waals surface area contributed by atoms with Gasteiger partial charge in [-0.1, -0.05) is 0 Å². The van der Waals surface area contributed by atoms with Crippen molar-refractivity contribution in [2.75, 3.05) is 13.6 Å². The fourth-order valence-corrected chi connectivity index (χ4v) is 2.58. The van der Waals surface area contributed by atoms with Crippen molar-refractivity contribution < 1.29 is 31.7 Å². The molecule has 0 aromatic heterocycles. The minimum Gasteiger partial charge on any atom is -0.314 e. The molecule has 0 aromatic carbocycles. The highest BCUT2D eigenvalue weighted by molar-refractivity contribution is 7.80. The smallest absolute Gasteiger partial charge is 0.314 e. The molecule has 1 saturated heterocycles. The molecule has 1 aliphatic heterocycles. The van der Waals surface area contributed by atoms with E-state index in [0.29, 0.717) is 12.8 Å². The Labute approximate surface area is 133 Å². The van der Waals surface area contributed by atoms with Crippen LogP contribution in [0.1, 0.15) is 25.7 Å². The summed E-state index contributed by atoms with van der Waals surface area (Å²) in [6.07, 6.45) is 2.50. The molecule has 23 heavy (non-hydrogen) atoms. The number of amides is 3. The number of piperidine rings is 1. The average Bonchev–Trinajstić information content (AvgIpc) is 3.28. The fourth-order valence-electron chi connectivity index (χ4n) is 2.40. The van der Waals surface area contributed by atoms with Gasteiger partial charge in [0, 0.05) is 12.6 Å². The molecule has 3 atom stereocenters. The second-order valence-corrected chi connectivity index (χ2v) is 6.40. The van der Waals surface area contributed by atoms with Crippen LogP contribution in [-0.2, 0) is 24.3 Å². The first-order valence-corrected chi connectivity index (χ1v) is 8.53. The Morgan fingerprint density at radius 2 is 2.00 bits per heavy atom. The number of nitrogens with zero attached hydrogens (tertiary/aromatic N) is 1. The van der Waals surface area contributed by atoms with Crippen LogP contribution < -0.4 is 16.3 Å². The molecule has 12 heteroatoms. The van der Waals surface area contributed by atoms with Crippen molar-refractivity contribution in [3.05, 3.63) is 0 Å². The van der Waals surface area contributed by atoms with Crippen molar-refractivity contribution in [2.24, 2.45) is 0 Å². The quantitative estimate of drug-likeness (QED) is 0.340. The molecule has 0 aromatic rings. The molecule has 11 nitrogen and oxygen atoms in total. The van der Waals surface area contributed by atoms with E-state index in [1.165, 1.54) is 0 Å². The van der Waals surface area contributed by atoms with Crippen LogP contribution in [0.25, 0.3) is 0 Å². The molecule has 1 heterocycles. The number of likely N-dealkylation sites (tertiary alicyclic amines) is 1. The summed E-state index contributed by atoms with van der Waals surface area (Å²) in [6, 6.07) is -1.54. The van der Waals surface area contributed by atoms with Crippen molar-refractivity contribution in [3.63, 3.8) is 0 Å². The molecular formula is C11H20N4O7S. The van der Waals surface area contributed by atoms with Gasteiger partial charge in [0.05, 0.1) is 0 Å². The summed E-state index contributed by atoms with van der Waals surface area (Å²) < 4.78 is 33.2. The minimum atomic E-state index is -4.81. The normalized spacial score (nSPS) is 27.4. The Bertz CT molecular complexity index is 555. The van der Waals surface area contributed by atoms with Gasteiger partial charge in [-0.25, -0.2) is 10.3 Å². The molecule has 132 valence electrons. The second-order valence-electron chi connectivity index (χ2n) is 5.38. The fraction of sp³-hybridized carbons (Fsp3) is 0.818. The Hall–Kier alpha value is -1.47. The molecule has 1 aliphatic carbocycles. The van der Waals surface area contributed by atoms with Gasteiger partial charge in [0.1, 0.15) is 12.1 Å². The molecule has 2 aliphatic rings. The molecule has 2 rings (SSSR count). The SMILES string of the molecule is CNC1CC1ONC(=O)[C@@H]1CCCCN1C(=O)NOS(=O)(=O)O. The van der Waals surface area contributed by atoms with Crippen LogP contribution in [0.4, 0.5) is 4.79 Å². The van der Waals surface area contributed by atoms with Crippen LogP contribution in [-0.4, -0.2) is 61.6 Å². The number of hydrogen-bond acceptors (Lipinski definition) is 7. The summed E-state index contributed by atoms with van der Waals surface area (Å²) in [4.78, 5) is 30.4. The number of carbonyl (C=O) groups excluding carboxylic acids is 2. The van der Waals surface area contributed by atoms with Gasteiger partial charge >= 0.3 is 16.4 Å². The van der Waals surface area contributed by atoms with E-state index in [1.54, 1.807) is 12.5 Å². The lowest BCUT2D eigenvalue weighted by atomic mass is 10.0. The van der Waals surface area contributed by atoms with E-state index >= 15 is 0 Å². The van der Waals surface area contributed by atoms with Crippen LogP contribution in [0.2, 0.25) is 0 Å². The van der Waals surface area contributed by atoms with Crippen LogP contribution >= 0.6 is 0 Å². The lowest BCUT2D eigenvalue weighted by molar-refractivity contribution is -0.140. The largest absolute Gasteiger partial charge is 0.418 e. The molecule has 2 unspecified atom stereocenters. The van der Waals surface area contributed by atoms with Crippen molar-refractivity contribution in [1.82, 2.24) is 21.2 Å². The number of hydroxylamine groups is 2. The van der Waals surface area contributed by atoms with Gasteiger partial charge in [-0.05, 0) is 32.7 Å². The first-order valence-electron chi connectivity index (χ1n) is 7.17. The predicted octanol–water partition coefficient (Wildman–Crippen LogP) is -1.31. The molecule has 0 spiro atoms. The van der Waals surface area contributed by atoms with Crippen LogP contribution in [0.3, 0.4) is 0 Å². The predicted molar refractivity (Wildman–Crippen MR) is 76.0 cm³/mol. The lowest BCUT2D eigenvalue weighted by Crippen LogP contribution is -2.55. The van der Waals surface area contributed by atoms with Gasteiger partial charge < -0.3 is 10.2 Å². The zero-order valence-corrected chi connectivity index (χ0v) is 13.3. The summed E-state index contributed by atoms with van der Waals surface area (Å²) in [5.74, 6) is -0.492. The maximum Gasteiger partial charge on any atom is 0.418 e. The number of nitrogens with one attached hydrogen (secondary N) is 3. The molecule has 3 amide bonds. The zero-order chi connectivity index (χ0) is 17.0. The molecule has 1 saturated carbocycles. The molecule has 2 fully saturated rings. The first kappa shape index (κ1) is 17.9. The van der Waals surface area contributed by atoms with Gasteiger partial charge in [0.15, 0.2) is 0 Å². The average molecular weight is 352 g/mol. The van der Waals surface area contributed by atoms with Crippen LogP contribution in [0.5, 0.6) is 0 Å². The van der Waals surface area contributed by atoms with Gasteiger partial charge in [0.2, 0.25) is 0 Å². The second kappa shape index (κ2) is 7.40. The summed E-state index contributed by atoms with van der Waals surface area (Å²) >= 11 is 0. The van der Waals surface area contributed by atoms with Gasteiger partial charge in [0.25, 0.3) is 5.91 Å². The Morgan fingerprint density at radius 3 is 2.61 bits per heavy atom. The van der Waals surface area contributed by atoms with E-state index in [1.807, 2.05) is 0 Å². The number of rotatable bonds is 6. The first-order chi connectivity index (χ1) is 10.8. The summed E-state index contributed by atoms with van der Waals surface area (Å²) in [7, 11) is -3.02. The monoisotopic (exact) mass is 352 g/mol. The van der Waals surface area contributed by atoms with E-state index in [-0.39, 0.29) is 18.7 Å². The zero-order valence-electron chi connectivity index (χ0n) is 12.5. The number of carbonyl (C=O) groups is 2. The molecule has 0 bridgehead atoms. The number of hydrogen-bond donors (Lipinski definition) is 4. The van der Waals surface area contributed by atoms with Gasteiger partial charge in [-0.3, -0.25) is 14.2 Å². The molecule has 0 radical (unpaired) electrons. The third-order valence-corrected chi connectivity index (χ3v) is 4.01. The van der Waals surface area contributed by atoms with Crippen LogP contribution in [0.15, 0.2) is 0 Å². The van der Waals surface area contributed by atoms with E-state index < -0.39 is 28.4 Å². The highest BCUT2D eigenvalue weighted by Crippen LogP contribution is 2.24. The standard InChI is InChI=1S/C11H20N4O7S/c1-12-7-6-9(7)21-13-10(16)8-4-2-3-5-15(8)11(17)14-22-23(18,19)20/h7-9,12H,2-6H2,1H3,(H,13,16)(H,14,17)(H,18,19,20)/t7?,8-,9?/m0/s1. The summed E-state index contributed by atoms with van der Waals surface area (Å²) in [5.41, 5.74) is 3.92. The molecule has 4 N–H and O–H groups in total. The topological polar surface area (TPSA) is 146 Å².